The minimum Gasteiger partial charge on any atom is -0.340 e. The van der Waals surface area contributed by atoms with Gasteiger partial charge in [-0.05, 0) is 49.4 Å². The summed E-state index contributed by atoms with van der Waals surface area (Å²) in [6.45, 7) is 5.87. The van der Waals surface area contributed by atoms with Crippen molar-refractivity contribution in [2.24, 2.45) is 5.92 Å². The first-order valence-corrected chi connectivity index (χ1v) is 8.97. The molecule has 0 atom stereocenters. The zero-order valence-electron chi connectivity index (χ0n) is 13.9. The molecule has 24 heavy (non-hydrogen) atoms. The molecule has 1 aromatic carbocycles. The predicted molar refractivity (Wildman–Crippen MR) is 98.5 cm³/mol. The van der Waals surface area contributed by atoms with E-state index < -0.39 is 0 Å². The molecule has 1 fully saturated rings. The van der Waals surface area contributed by atoms with Crippen molar-refractivity contribution in [3.63, 3.8) is 0 Å². The lowest BCUT2D eigenvalue weighted by atomic mass is 9.99. The van der Waals surface area contributed by atoms with Crippen molar-refractivity contribution in [2.45, 2.75) is 26.7 Å². The number of anilines is 2. The third kappa shape index (κ3) is 3.93. The van der Waals surface area contributed by atoms with E-state index in [0.29, 0.717) is 17.4 Å². The van der Waals surface area contributed by atoms with Gasteiger partial charge in [-0.15, -0.1) is 0 Å². The number of aromatic nitrogens is 2. The number of nitrogens with zero attached hydrogens (tertiary/aromatic N) is 3. The van der Waals surface area contributed by atoms with Gasteiger partial charge in [0.05, 0.1) is 0 Å². The first kappa shape index (κ1) is 16.9. The van der Waals surface area contributed by atoms with E-state index in [4.69, 9.17) is 0 Å². The second-order valence-corrected chi connectivity index (χ2v) is 7.21. The topological polar surface area (TPSA) is 58.1 Å². The normalized spacial score (nSPS) is 15.4. The summed E-state index contributed by atoms with van der Waals surface area (Å²) in [5.41, 5.74) is 2.50. The molecular weight excluding hydrogens is 368 g/mol. The van der Waals surface area contributed by atoms with Crippen LogP contribution in [0.5, 0.6) is 0 Å². The predicted octanol–water partition coefficient (Wildman–Crippen LogP) is 4.16. The fourth-order valence-electron chi connectivity index (χ4n) is 2.79. The lowest BCUT2D eigenvalue weighted by Gasteiger charge is -2.30. The van der Waals surface area contributed by atoms with Crippen molar-refractivity contribution in [1.29, 1.82) is 0 Å². The number of hydrogen-bond acceptors (Lipinski definition) is 4. The van der Waals surface area contributed by atoms with E-state index >= 15 is 0 Å². The number of halogens is 1. The van der Waals surface area contributed by atoms with E-state index in [2.05, 4.69) is 38.1 Å². The maximum Gasteiger partial charge on any atom is 0.272 e. The van der Waals surface area contributed by atoms with Crippen LogP contribution in [0.25, 0.3) is 0 Å². The summed E-state index contributed by atoms with van der Waals surface area (Å²) in [5, 5.41) is 3.23. The van der Waals surface area contributed by atoms with Crippen molar-refractivity contribution >= 4 is 33.3 Å². The lowest BCUT2D eigenvalue weighted by Crippen LogP contribution is -2.38. The van der Waals surface area contributed by atoms with E-state index in [1.54, 1.807) is 6.07 Å². The fraction of sp³-hybridized carbons (Fsp3) is 0.389. The summed E-state index contributed by atoms with van der Waals surface area (Å²) in [5.74, 6) is 1.30. The monoisotopic (exact) mass is 388 g/mol. The minimum absolute atomic E-state index is 0.0145. The molecule has 126 valence electrons. The number of nitrogens with one attached hydrogen (secondary N) is 1. The molecule has 3 rings (SSSR count). The zero-order valence-corrected chi connectivity index (χ0v) is 15.5. The molecule has 1 aliphatic rings. The molecule has 5 nitrogen and oxygen atoms in total. The number of carbonyl (C=O) groups excluding carboxylic acids is 1. The average molecular weight is 389 g/mol. The molecule has 1 saturated heterocycles. The Labute approximate surface area is 150 Å². The average Bonchev–Trinajstić information content (AvgIpc) is 2.58. The molecule has 1 N–H and O–H groups in total. The molecule has 1 amide bonds. The molecule has 6 heteroatoms. The Kier molecular flexibility index (Phi) is 5.14. The van der Waals surface area contributed by atoms with Gasteiger partial charge in [-0.1, -0.05) is 22.9 Å². The second-order valence-electron chi connectivity index (χ2n) is 6.35. The van der Waals surface area contributed by atoms with Gasteiger partial charge in [0, 0.05) is 29.3 Å². The standard InChI is InChI=1S/C18H21BrN4O/c1-12-5-7-23(8-6-12)18(24)16-10-17(21-11-20-16)22-14-3-4-15(19)13(2)9-14/h3-4,9-12H,5-8H2,1-2H3,(H,20,21,22). The van der Waals surface area contributed by atoms with Crippen LogP contribution < -0.4 is 5.32 Å². The van der Waals surface area contributed by atoms with Gasteiger partial charge >= 0.3 is 0 Å². The van der Waals surface area contributed by atoms with Gasteiger partial charge in [0.15, 0.2) is 0 Å². The van der Waals surface area contributed by atoms with E-state index in [1.165, 1.54) is 6.33 Å². The van der Waals surface area contributed by atoms with Crippen molar-refractivity contribution < 1.29 is 4.79 Å². The van der Waals surface area contributed by atoms with Crippen molar-refractivity contribution in [2.75, 3.05) is 18.4 Å². The minimum atomic E-state index is -0.0145. The highest BCUT2D eigenvalue weighted by Crippen LogP contribution is 2.23. The highest BCUT2D eigenvalue weighted by molar-refractivity contribution is 9.10. The van der Waals surface area contributed by atoms with Gasteiger partial charge in [-0.3, -0.25) is 4.79 Å². The number of piperidine rings is 1. The molecule has 0 spiro atoms. The third-order valence-electron chi connectivity index (χ3n) is 4.39. The SMILES string of the molecule is Cc1cc(Nc2cc(C(=O)N3CCC(C)CC3)ncn2)ccc1Br. The summed E-state index contributed by atoms with van der Waals surface area (Å²) >= 11 is 3.49. The number of amides is 1. The number of aryl methyl sites for hydroxylation is 1. The summed E-state index contributed by atoms with van der Waals surface area (Å²) in [7, 11) is 0. The first-order chi connectivity index (χ1) is 11.5. The molecule has 0 radical (unpaired) electrons. The lowest BCUT2D eigenvalue weighted by molar-refractivity contribution is 0.0691. The van der Waals surface area contributed by atoms with Crippen LogP contribution in [0.15, 0.2) is 35.1 Å². The maximum absolute atomic E-state index is 12.6. The Hall–Kier alpha value is -1.95. The van der Waals surface area contributed by atoms with Crippen LogP contribution in [0, 0.1) is 12.8 Å². The molecule has 0 saturated carbocycles. The molecule has 0 unspecified atom stereocenters. The Morgan fingerprint density at radius 2 is 2.00 bits per heavy atom. The van der Waals surface area contributed by atoms with E-state index in [9.17, 15) is 4.79 Å². The molecule has 1 aromatic heterocycles. The van der Waals surface area contributed by atoms with Gasteiger partial charge in [0.25, 0.3) is 5.91 Å². The second kappa shape index (κ2) is 7.30. The van der Waals surface area contributed by atoms with Crippen LogP contribution in [0.4, 0.5) is 11.5 Å². The molecule has 1 aliphatic heterocycles. The highest BCUT2D eigenvalue weighted by Gasteiger charge is 2.22. The Balaban J connectivity index is 1.73. The van der Waals surface area contributed by atoms with E-state index in [-0.39, 0.29) is 5.91 Å². The van der Waals surface area contributed by atoms with Crippen LogP contribution in [0.2, 0.25) is 0 Å². The van der Waals surface area contributed by atoms with Gasteiger partial charge in [0.1, 0.15) is 17.8 Å². The van der Waals surface area contributed by atoms with Crippen LogP contribution in [0.1, 0.15) is 35.8 Å². The smallest absolute Gasteiger partial charge is 0.272 e. The Bertz CT molecular complexity index is 742. The van der Waals surface area contributed by atoms with E-state index in [1.807, 2.05) is 30.0 Å². The number of rotatable bonds is 3. The van der Waals surface area contributed by atoms with Gasteiger partial charge in [-0.25, -0.2) is 9.97 Å². The number of benzene rings is 1. The molecular formula is C18H21BrN4O. The number of likely N-dealkylation sites (tertiary alicyclic amines) is 1. The molecule has 2 heterocycles. The van der Waals surface area contributed by atoms with Gasteiger partial charge in [-0.2, -0.15) is 0 Å². The highest BCUT2D eigenvalue weighted by atomic mass is 79.9. The first-order valence-electron chi connectivity index (χ1n) is 8.17. The van der Waals surface area contributed by atoms with Crippen molar-refractivity contribution in [3.05, 3.63) is 46.3 Å². The summed E-state index contributed by atoms with van der Waals surface area (Å²) in [6, 6.07) is 7.70. The third-order valence-corrected chi connectivity index (χ3v) is 5.28. The molecule has 0 aliphatic carbocycles. The van der Waals surface area contributed by atoms with Crippen molar-refractivity contribution in [1.82, 2.24) is 14.9 Å². The van der Waals surface area contributed by atoms with Crippen LogP contribution >= 0.6 is 15.9 Å². The maximum atomic E-state index is 12.6. The Morgan fingerprint density at radius 1 is 1.25 bits per heavy atom. The summed E-state index contributed by atoms with van der Waals surface area (Å²) in [4.78, 5) is 22.9. The molecule has 2 aromatic rings. The van der Waals surface area contributed by atoms with Gasteiger partial charge in [0.2, 0.25) is 0 Å². The van der Waals surface area contributed by atoms with Crippen LogP contribution in [-0.4, -0.2) is 33.9 Å². The van der Waals surface area contributed by atoms with Gasteiger partial charge < -0.3 is 10.2 Å². The largest absolute Gasteiger partial charge is 0.340 e. The summed E-state index contributed by atoms with van der Waals surface area (Å²) < 4.78 is 1.06. The quantitative estimate of drug-likeness (QED) is 0.857. The number of carbonyl (C=O) groups is 1. The van der Waals surface area contributed by atoms with E-state index in [0.717, 1.165) is 41.7 Å². The summed E-state index contributed by atoms with van der Waals surface area (Å²) in [6.07, 6.45) is 3.55. The number of hydrogen-bond donors (Lipinski definition) is 1. The van der Waals surface area contributed by atoms with Crippen LogP contribution in [0.3, 0.4) is 0 Å². The molecule has 0 bridgehead atoms. The fourth-order valence-corrected chi connectivity index (χ4v) is 3.03. The Morgan fingerprint density at radius 3 is 2.71 bits per heavy atom. The zero-order chi connectivity index (χ0) is 17.1. The van der Waals surface area contributed by atoms with Crippen LogP contribution in [-0.2, 0) is 0 Å². The van der Waals surface area contributed by atoms with Crippen molar-refractivity contribution in [3.8, 4) is 0 Å².